The van der Waals surface area contributed by atoms with Crippen molar-refractivity contribution in [3.63, 3.8) is 0 Å². The van der Waals surface area contributed by atoms with E-state index in [1.54, 1.807) is 0 Å². The van der Waals surface area contributed by atoms with Crippen LogP contribution in [0.2, 0.25) is 0 Å². The first-order chi connectivity index (χ1) is 9.68. The summed E-state index contributed by atoms with van der Waals surface area (Å²) in [6.45, 7) is 2.75. The normalized spacial score (nSPS) is 13.0. The molecule has 21 heavy (non-hydrogen) atoms. The van der Waals surface area contributed by atoms with Crippen molar-refractivity contribution in [3.8, 4) is 5.75 Å². The lowest BCUT2D eigenvalue weighted by Crippen LogP contribution is -2.16. The number of hydrogen-bond donors (Lipinski definition) is 1. The summed E-state index contributed by atoms with van der Waals surface area (Å²) >= 11 is 3.13. The number of ether oxygens (including phenoxy) is 1. The molecule has 1 aromatic carbocycles. The van der Waals surface area contributed by atoms with E-state index in [-0.39, 0.29) is 35.1 Å². The van der Waals surface area contributed by atoms with Crippen LogP contribution < -0.4 is 4.74 Å². The van der Waals surface area contributed by atoms with Crippen molar-refractivity contribution in [2.75, 3.05) is 18.1 Å². The summed E-state index contributed by atoms with van der Waals surface area (Å²) in [7, 11) is -3.23. The molecule has 0 unspecified atom stereocenters. The quantitative estimate of drug-likeness (QED) is 0.573. The number of sulfone groups is 1. The highest BCUT2D eigenvalue weighted by atomic mass is 79.9. The van der Waals surface area contributed by atoms with Gasteiger partial charge in [-0.25, -0.2) is 8.42 Å². The second-order valence-electron chi connectivity index (χ2n) is 4.36. The summed E-state index contributed by atoms with van der Waals surface area (Å²) in [6.07, 6.45) is -0.987. The van der Waals surface area contributed by atoms with Gasteiger partial charge in [-0.05, 0) is 13.0 Å². The Kier molecular flexibility index (Phi) is 6.11. The van der Waals surface area contributed by atoms with Crippen LogP contribution in [0.15, 0.2) is 16.6 Å². The zero-order valence-electron chi connectivity index (χ0n) is 11.6. The molecular formula is C12H16BrNO6S. The van der Waals surface area contributed by atoms with Crippen LogP contribution >= 0.6 is 15.9 Å². The van der Waals surface area contributed by atoms with E-state index in [2.05, 4.69) is 15.9 Å². The number of aliphatic hydroxyl groups is 1. The molecule has 0 heterocycles. The topological polar surface area (TPSA) is 107 Å². The average Bonchev–Trinajstić information content (AvgIpc) is 2.39. The number of hydrogen-bond acceptors (Lipinski definition) is 6. The Hall–Kier alpha value is -1.19. The summed E-state index contributed by atoms with van der Waals surface area (Å²) in [6, 6.07) is 2.75. The third-order valence-electron chi connectivity index (χ3n) is 2.79. The molecule has 7 nitrogen and oxygen atoms in total. The monoisotopic (exact) mass is 381 g/mol. The lowest BCUT2D eigenvalue weighted by atomic mass is 10.1. The minimum Gasteiger partial charge on any atom is -0.485 e. The largest absolute Gasteiger partial charge is 0.485 e. The Bertz CT molecular complexity index is 629. The van der Waals surface area contributed by atoms with E-state index in [0.717, 1.165) is 0 Å². The van der Waals surface area contributed by atoms with Gasteiger partial charge in [0.15, 0.2) is 9.84 Å². The van der Waals surface area contributed by atoms with Gasteiger partial charge in [0.25, 0.3) is 0 Å². The highest BCUT2D eigenvalue weighted by Crippen LogP contribution is 2.37. The van der Waals surface area contributed by atoms with Crippen molar-refractivity contribution in [1.29, 1.82) is 0 Å². The van der Waals surface area contributed by atoms with E-state index in [1.165, 1.54) is 26.0 Å². The smallest absolute Gasteiger partial charge is 0.312 e. The first-order valence-corrected chi connectivity index (χ1v) is 8.78. The molecule has 0 bridgehead atoms. The van der Waals surface area contributed by atoms with Crippen LogP contribution in [0.5, 0.6) is 5.75 Å². The maximum absolute atomic E-state index is 11.4. The van der Waals surface area contributed by atoms with Gasteiger partial charge in [0.1, 0.15) is 6.61 Å². The summed E-state index contributed by atoms with van der Waals surface area (Å²) in [4.78, 5) is 10.4. The van der Waals surface area contributed by atoms with Gasteiger partial charge in [-0.3, -0.25) is 10.1 Å². The molecule has 0 aliphatic heterocycles. The molecule has 1 rings (SSSR count). The van der Waals surface area contributed by atoms with Gasteiger partial charge < -0.3 is 9.84 Å². The van der Waals surface area contributed by atoms with Gasteiger partial charge >= 0.3 is 5.69 Å². The molecule has 0 amide bonds. The van der Waals surface area contributed by atoms with E-state index < -0.39 is 20.9 Å². The van der Waals surface area contributed by atoms with E-state index in [9.17, 15) is 23.6 Å². The lowest BCUT2D eigenvalue weighted by Gasteiger charge is -2.14. The van der Waals surface area contributed by atoms with Crippen molar-refractivity contribution < 1.29 is 23.2 Å². The van der Waals surface area contributed by atoms with E-state index in [1.807, 2.05) is 0 Å². The number of halogens is 1. The molecule has 0 radical (unpaired) electrons. The number of nitro groups is 1. The average molecular weight is 382 g/mol. The van der Waals surface area contributed by atoms with Crippen molar-refractivity contribution in [2.45, 2.75) is 20.0 Å². The number of rotatable bonds is 7. The number of benzene rings is 1. The number of nitro benzene ring substituents is 1. The maximum atomic E-state index is 11.4. The molecule has 0 fully saturated rings. The summed E-state index contributed by atoms with van der Waals surface area (Å²) < 4.78 is 28.5. The highest BCUT2D eigenvalue weighted by molar-refractivity contribution is 9.10. The molecule has 118 valence electrons. The lowest BCUT2D eigenvalue weighted by molar-refractivity contribution is -0.386. The molecule has 0 aromatic heterocycles. The molecule has 9 heteroatoms. The van der Waals surface area contributed by atoms with Crippen LogP contribution in [0.3, 0.4) is 0 Å². The molecular weight excluding hydrogens is 366 g/mol. The minimum atomic E-state index is -3.23. The molecule has 1 atom stereocenters. The molecule has 1 aromatic rings. The second-order valence-corrected chi connectivity index (χ2v) is 7.75. The van der Waals surface area contributed by atoms with Crippen LogP contribution in [0.1, 0.15) is 25.5 Å². The summed E-state index contributed by atoms with van der Waals surface area (Å²) in [5.41, 5.74) is -0.0980. The SMILES string of the molecule is CCS(=O)(=O)CCOc1c([C@@H](C)O)cc(Br)cc1[N+](=O)[O-]. The highest BCUT2D eigenvalue weighted by Gasteiger charge is 2.23. The molecule has 0 saturated heterocycles. The van der Waals surface area contributed by atoms with Crippen LogP contribution in [-0.4, -0.2) is 36.6 Å². The predicted molar refractivity (Wildman–Crippen MR) is 81.3 cm³/mol. The number of aliphatic hydroxyl groups excluding tert-OH is 1. The third-order valence-corrected chi connectivity index (χ3v) is 4.92. The van der Waals surface area contributed by atoms with Gasteiger partial charge in [0.2, 0.25) is 5.75 Å². The minimum absolute atomic E-state index is 0.0257. The van der Waals surface area contributed by atoms with Crippen molar-refractivity contribution in [3.05, 3.63) is 32.3 Å². The van der Waals surface area contributed by atoms with Crippen LogP contribution in [0.4, 0.5) is 5.69 Å². The van der Waals surface area contributed by atoms with Gasteiger partial charge in [-0.15, -0.1) is 0 Å². The van der Waals surface area contributed by atoms with Gasteiger partial charge in [-0.1, -0.05) is 22.9 Å². The molecule has 0 aliphatic rings. The fourth-order valence-corrected chi connectivity index (χ4v) is 2.71. The summed E-state index contributed by atoms with van der Waals surface area (Å²) in [5, 5.41) is 20.8. The Morgan fingerprint density at radius 3 is 2.57 bits per heavy atom. The van der Waals surface area contributed by atoms with Gasteiger partial charge in [0, 0.05) is 21.9 Å². The molecule has 1 N–H and O–H groups in total. The third kappa shape index (κ3) is 4.94. The maximum Gasteiger partial charge on any atom is 0.312 e. The fraction of sp³-hybridized carbons (Fsp3) is 0.500. The zero-order valence-corrected chi connectivity index (χ0v) is 14.0. The van der Waals surface area contributed by atoms with Crippen LogP contribution in [-0.2, 0) is 9.84 Å². The molecule has 0 spiro atoms. The first-order valence-electron chi connectivity index (χ1n) is 6.17. The van der Waals surface area contributed by atoms with Crippen LogP contribution in [0.25, 0.3) is 0 Å². The van der Waals surface area contributed by atoms with Gasteiger partial charge in [0.05, 0.1) is 16.8 Å². The fourth-order valence-electron chi connectivity index (χ4n) is 1.62. The van der Waals surface area contributed by atoms with Crippen molar-refractivity contribution >= 4 is 31.5 Å². The molecule has 0 aliphatic carbocycles. The number of nitrogens with zero attached hydrogens (tertiary/aromatic N) is 1. The van der Waals surface area contributed by atoms with Crippen molar-refractivity contribution in [2.24, 2.45) is 0 Å². The van der Waals surface area contributed by atoms with E-state index >= 15 is 0 Å². The van der Waals surface area contributed by atoms with Gasteiger partial charge in [-0.2, -0.15) is 0 Å². The van der Waals surface area contributed by atoms with Crippen molar-refractivity contribution in [1.82, 2.24) is 0 Å². The van der Waals surface area contributed by atoms with E-state index in [4.69, 9.17) is 4.74 Å². The Balaban J connectivity index is 3.11. The summed E-state index contributed by atoms with van der Waals surface area (Å²) in [5.74, 6) is -0.373. The first kappa shape index (κ1) is 17.9. The Morgan fingerprint density at radius 1 is 1.48 bits per heavy atom. The predicted octanol–water partition coefficient (Wildman–Crippen LogP) is 2.22. The Morgan fingerprint density at radius 2 is 2.10 bits per heavy atom. The standard InChI is InChI=1S/C12H16BrNO6S/c1-3-21(18,19)5-4-20-12-10(8(2)15)6-9(13)7-11(12)14(16)17/h6-8,15H,3-5H2,1-2H3/t8-/m1/s1. The van der Waals surface area contributed by atoms with E-state index in [0.29, 0.717) is 4.47 Å². The zero-order chi connectivity index (χ0) is 16.2. The van der Waals surface area contributed by atoms with Crippen LogP contribution in [0, 0.1) is 10.1 Å². The second kappa shape index (κ2) is 7.19. The Labute approximate surface area is 131 Å². The molecule has 0 saturated carbocycles.